The summed E-state index contributed by atoms with van der Waals surface area (Å²) in [7, 11) is 1.90. The molecule has 3 N–H and O–H groups in total. The van der Waals surface area contributed by atoms with Gasteiger partial charge in [-0.25, -0.2) is 4.79 Å². The van der Waals surface area contributed by atoms with E-state index in [0.717, 1.165) is 6.42 Å². The molecule has 0 aliphatic carbocycles. The number of benzene rings is 2. The van der Waals surface area contributed by atoms with Crippen LogP contribution in [0, 0.1) is 0 Å². The highest BCUT2D eigenvalue weighted by molar-refractivity contribution is 5.86. The number of hydrogen-bond donors (Lipinski definition) is 3. The van der Waals surface area contributed by atoms with Crippen molar-refractivity contribution in [2.45, 2.75) is 76.7 Å². The van der Waals surface area contributed by atoms with E-state index in [9.17, 15) is 9.59 Å². The van der Waals surface area contributed by atoms with E-state index in [1.807, 2.05) is 83.0 Å². The zero-order valence-electron chi connectivity index (χ0n) is 22.5. The first kappa shape index (κ1) is 27.7. The molecule has 7 nitrogen and oxygen atoms in total. The normalized spacial score (nSPS) is 21.7. The van der Waals surface area contributed by atoms with Gasteiger partial charge in [0, 0.05) is 25.0 Å². The Balaban J connectivity index is 1.83. The van der Waals surface area contributed by atoms with E-state index in [-0.39, 0.29) is 24.0 Å². The van der Waals surface area contributed by atoms with Crippen LogP contribution in [0.2, 0.25) is 0 Å². The fraction of sp³-hybridized carbons (Fsp3) is 0.517. The predicted octanol–water partition coefficient (Wildman–Crippen LogP) is 4.25. The zero-order valence-corrected chi connectivity index (χ0v) is 22.5. The minimum atomic E-state index is -0.865. The van der Waals surface area contributed by atoms with Crippen molar-refractivity contribution in [1.29, 1.82) is 0 Å². The molecule has 1 aliphatic rings. The Hall–Kier alpha value is -2.90. The van der Waals surface area contributed by atoms with E-state index in [1.165, 1.54) is 11.1 Å². The molecule has 1 saturated heterocycles. The molecule has 3 atom stereocenters. The average Bonchev–Trinajstić information content (AvgIpc) is 2.93. The van der Waals surface area contributed by atoms with Gasteiger partial charge in [0.25, 0.3) is 0 Å². The Labute approximate surface area is 216 Å². The van der Waals surface area contributed by atoms with Crippen LogP contribution in [-0.2, 0) is 9.53 Å². The van der Waals surface area contributed by atoms with Crippen LogP contribution in [-0.4, -0.2) is 60.4 Å². The lowest BCUT2D eigenvalue weighted by Crippen LogP contribution is -2.60. The molecular formula is C29H42N4O3. The van der Waals surface area contributed by atoms with Crippen LogP contribution >= 0.6 is 0 Å². The number of alkyl carbamates (subject to hydrolysis) is 1. The summed E-state index contributed by atoms with van der Waals surface area (Å²) in [6.45, 7) is 10.6. The molecule has 36 heavy (non-hydrogen) atoms. The molecule has 196 valence electrons. The number of nitrogens with zero attached hydrogens (tertiary/aromatic N) is 1. The summed E-state index contributed by atoms with van der Waals surface area (Å²) in [6, 6.07) is 20.4. The first-order valence-electron chi connectivity index (χ1n) is 12.8. The molecule has 0 bridgehead atoms. The first-order valence-corrected chi connectivity index (χ1v) is 12.8. The zero-order chi connectivity index (χ0) is 26.3. The van der Waals surface area contributed by atoms with E-state index >= 15 is 0 Å². The van der Waals surface area contributed by atoms with Crippen LogP contribution in [0.3, 0.4) is 0 Å². The van der Waals surface area contributed by atoms with Crippen molar-refractivity contribution in [3.8, 4) is 0 Å². The summed E-state index contributed by atoms with van der Waals surface area (Å²) < 4.78 is 5.42. The highest BCUT2D eigenvalue weighted by atomic mass is 16.6. The molecule has 0 radical (unpaired) electrons. The van der Waals surface area contributed by atoms with Gasteiger partial charge in [0.2, 0.25) is 5.91 Å². The number of amides is 2. The summed E-state index contributed by atoms with van der Waals surface area (Å²) in [5, 5.41) is 9.73. The number of carbonyl (C=O) groups excluding carboxylic acids is 2. The quantitative estimate of drug-likeness (QED) is 0.511. The van der Waals surface area contributed by atoms with Gasteiger partial charge in [-0.05, 0) is 65.6 Å². The molecule has 1 unspecified atom stereocenters. The minimum absolute atomic E-state index is 0.0235. The number of ether oxygens (including phenoxy) is 1. The van der Waals surface area contributed by atoms with Crippen molar-refractivity contribution < 1.29 is 14.3 Å². The molecule has 0 spiro atoms. The van der Waals surface area contributed by atoms with Crippen molar-refractivity contribution >= 4 is 12.0 Å². The number of rotatable bonds is 8. The van der Waals surface area contributed by atoms with Crippen molar-refractivity contribution in [3.05, 3.63) is 71.8 Å². The van der Waals surface area contributed by atoms with Crippen molar-refractivity contribution in [3.63, 3.8) is 0 Å². The van der Waals surface area contributed by atoms with Crippen LogP contribution in [0.25, 0.3) is 0 Å². The van der Waals surface area contributed by atoms with Crippen LogP contribution in [0.4, 0.5) is 4.79 Å². The summed E-state index contributed by atoms with van der Waals surface area (Å²) in [6.07, 6.45) is 0.711. The first-order chi connectivity index (χ1) is 17.0. The molecule has 1 aliphatic heterocycles. The molecule has 7 heteroatoms. The van der Waals surface area contributed by atoms with Gasteiger partial charge in [0.1, 0.15) is 5.60 Å². The fourth-order valence-electron chi connectivity index (χ4n) is 4.96. The maximum absolute atomic E-state index is 14.1. The van der Waals surface area contributed by atoms with Crippen LogP contribution < -0.4 is 16.0 Å². The molecule has 2 aromatic carbocycles. The van der Waals surface area contributed by atoms with Gasteiger partial charge >= 0.3 is 6.09 Å². The van der Waals surface area contributed by atoms with Gasteiger partial charge in [-0.3, -0.25) is 10.1 Å². The van der Waals surface area contributed by atoms with Crippen molar-refractivity contribution in [2.75, 3.05) is 20.1 Å². The minimum Gasteiger partial charge on any atom is -0.444 e. The van der Waals surface area contributed by atoms with Gasteiger partial charge in [0.15, 0.2) is 0 Å². The molecule has 3 rings (SSSR count). The Morgan fingerprint density at radius 1 is 1.11 bits per heavy atom. The third-order valence-electron chi connectivity index (χ3n) is 6.57. The topological polar surface area (TPSA) is 82.7 Å². The Morgan fingerprint density at radius 3 is 2.17 bits per heavy atom. The maximum Gasteiger partial charge on any atom is 0.407 e. The second kappa shape index (κ2) is 11.9. The molecule has 1 heterocycles. The van der Waals surface area contributed by atoms with E-state index < -0.39 is 17.2 Å². The number of nitrogens with one attached hydrogen (secondary N) is 3. The van der Waals surface area contributed by atoms with Gasteiger partial charge in [0.05, 0.1) is 11.7 Å². The molecule has 1 fully saturated rings. The molecule has 0 aromatic heterocycles. The summed E-state index contributed by atoms with van der Waals surface area (Å²) >= 11 is 0. The second-order valence-electron chi connectivity index (χ2n) is 11.0. The van der Waals surface area contributed by atoms with Gasteiger partial charge < -0.3 is 20.3 Å². The smallest absolute Gasteiger partial charge is 0.407 e. The van der Waals surface area contributed by atoms with Gasteiger partial charge in [-0.2, -0.15) is 0 Å². The van der Waals surface area contributed by atoms with E-state index in [4.69, 9.17) is 4.74 Å². The second-order valence-corrected chi connectivity index (χ2v) is 11.0. The standard InChI is InChI=1S/C29H42N4O3/c1-21(31-27(35)36-28(2,3)4)19-29(5)26(34)33(18-17-25(30-6)32-29)20-24(22-13-9-7-10-14-22)23-15-11-8-12-16-23/h7-16,21,24-25,30,32H,17-20H2,1-6H3,(H,31,35)/t21?,25-,29-/m0/s1. The van der Waals surface area contributed by atoms with Crippen molar-refractivity contribution in [1.82, 2.24) is 20.9 Å². The summed E-state index contributed by atoms with van der Waals surface area (Å²) in [5.74, 6) is 0.0963. The fourth-order valence-corrected chi connectivity index (χ4v) is 4.96. The van der Waals surface area contributed by atoms with Crippen LogP contribution in [0.1, 0.15) is 64.5 Å². The Bertz CT molecular complexity index is 953. The lowest BCUT2D eigenvalue weighted by atomic mass is 9.88. The monoisotopic (exact) mass is 494 g/mol. The summed E-state index contributed by atoms with van der Waals surface area (Å²) in [4.78, 5) is 28.4. The van der Waals surface area contributed by atoms with E-state index in [0.29, 0.717) is 19.5 Å². The van der Waals surface area contributed by atoms with Crippen molar-refractivity contribution in [2.24, 2.45) is 0 Å². The largest absolute Gasteiger partial charge is 0.444 e. The highest BCUT2D eigenvalue weighted by Crippen LogP contribution is 2.29. The molecule has 0 saturated carbocycles. The van der Waals surface area contributed by atoms with E-state index in [2.05, 4.69) is 40.2 Å². The average molecular weight is 495 g/mol. The van der Waals surface area contributed by atoms with Gasteiger partial charge in [-0.1, -0.05) is 60.7 Å². The van der Waals surface area contributed by atoms with Crippen LogP contribution in [0.15, 0.2) is 60.7 Å². The number of carbonyl (C=O) groups is 2. The molecule has 2 amide bonds. The molecule has 2 aromatic rings. The third kappa shape index (κ3) is 7.55. The highest BCUT2D eigenvalue weighted by Gasteiger charge is 2.42. The van der Waals surface area contributed by atoms with Crippen LogP contribution in [0.5, 0.6) is 0 Å². The van der Waals surface area contributed by atoms with Gasteiger partial charge in [-0.15, -0.1) is 0 Å². The van der Waals surface area contributed by atoms with E-state index in [1.54, 1.807) is 0 Å². The Morgan fingerprint density at radius 2 is 1.67 bits per heavy atom. The lowest BCUT2D eigenvalue weighted by molar-refractivity contribution is -0.137. The number of hydrogen-bond acceptors (Lipinski definition) is 5. The SMILES string of the molecule is CN[C@@H]1CCN(CC(c2ccccc2)c2ccccc2)C(=O)[C@](C)(CC(C)NC(=O)OC(C)(C)C)N1. The summed E-state index contributed by atoms with van der Waals surface area (Å²) in [5.41, 5.74) is 0.916. The predicted molar refractivity (Wildman–Crippen MR) is 144 cm³/mol. The maximum atomic E-state index is 14.1. The molecular weight excluding hydrogens is 452 g/mol. The lowest BCUT2D eigenvalue weighted by Gasteiger charge is -2.37. The Kier molecular flexibility index (Phi) is 9.14. The third-order valence-corrected chi connectivity index (χ3v) is 6.57.